The molecule has 0 aliphatic heterocycles. The number of hydrazone groups is 1. The van der Waals surface area contributed by atoms with Gasteiger partial charge in [-0.3, -0.25) is 14.4 Å². The molecule has 34 heavy (non-hydrogen) atoms. The Kier molecular flexibility index (Phi) is 8.86. The number of halogens is 1. The van der Waals surface area contributed by atoms with Gasteiger partial charge in [-0.2, -0.15) is 5.10 Å². The minimum Gasteiger partial charge on any atom is -0.483 e. The second-order valence-electron chi connectivity index (χ2n) is 7.07. The Hall–Kier alpha value is -4.53. The summed E-state index contributed by atoms with van der Waals surface area (Å²) in [4.78, 5) is 35.9. The topological polar surface area (TPSA) is 109 Å². The average molecular weight is 462 g/mol. The molecule has 3 amide bonds. The third-order valence-electron chi connectivity index (χ3n) is 4.52. The van der Waals surface area contributed by atoms with Crippen molar-refractivity contribution in [1.82, 2.24) is 10.7 Å². The van der Waals surface area contributed by atoms with Crippen molar-refractivity contribution < 1.29 is 23.5 Å². The summed E-state index contributed by atoms with van der Waals surface area (Å²) in [6, 6.07) is 21.7. The third-order valence-corrected chi connectivity index (χ3v) is 4.52. The van der Waals surface area contributed by atoms with Crippen LogP contribution in [0.15, 0.2) is 84.0 Å². The first kappa shape index (κ1) is 24.1. The summed E-state index contributed by atoms with van der Waals surface area (Å²) in [5, 5.41) is 8.91. The molecule has 0 atom stereocenters. The standard InChI is InChI=1S/C25H23FN4O4/c26-20-10-12-21(13-11-20)29-23(31)17-34-22-9-5-4-8-19(22)16-28-30-25(33)24(32)27-15-14-18-6-2-1-3-7-18/h1-13,16H,14-15,17H2,(H,27,32)(H,29,31)(H,30,33)/b28-16-. The summed E-state index contributed by atoms with van der Waals surface area (Å²) in [6.45, 7) is 0.0229. The molecule has 0 saturated carbocycles. The first-order valence-electron chi connectivity index (χ1n) is 10.4. The largest absolute Gasteiger partial charge is 0.483 e. The minimum atomic E-state index is -0.901. The maximum atomic E-state index is 13.0. The highest BCUT2D eigenvalue weighted by molar-refractivity contribution is 6.35. The second-order valence-corrected chi connectivity index (χ2v) is 7.07. The van der Waals surface area contributed by atoms with Crippen molar-refractivity contribution in [2.24, 2.45) is 5.10 Å². The zero-order chi connectivity index (χ0) is 24.2. The Morgan fingerprint density at radius 1 is 0.882 bits per heavy atom. The summed E-state index contributed by atoms with van der Waals surface area (Å²) in [7, 11) is 0. The molecule has 174 valence electrons. The lowest BCUT2D eigenvalue weighted by molar-refractivity contribution is -0.139. The van der Waals surface area contributed by atoms with Crippen molar-refractivity contribution in [3.63, 3.8) is 0 Å². The molecule has 0 bridgehead atoms. The highest BCUT2D eigenvalue weighted by Crippen LogP contribution is 2.16. The number of nitrogens with one attached hydrogen (secondary N) is 3. The molecule has 0 aromatic heterocycles. The van der Waals surface area contributed by atoms with E-state index in [-0.39, 0.29) is 6.61 Å². The predicted octanol–water partition coefficient (Wildman–Crippen LogP) is 2.65. The molecule has 3 rings (SSSR count). The van der Waals surface area contributed by atoms with Crippen molar-refractivity contribution in [2.75, 3.05) is 18.5 Å². The highest BCUT2D eigenvalue weighted by atomic mass is 19.1. The van der Waals surface area contributed by atoms with Crippen LogP contribution in [-0.4, -0.2) is 37.1 Å². The van der Waals surface area contributed by atoms with E-state index in [9.17, 15) is 18.8 Å². The van der Waals surface area contributed by atoms with Crippen LogP contribution < -0.4 is 20.8 Å². The number of anilines is 1. The van der Waals surface area contributed by atoms with Gasteiger partial charge >= 0.3 is 11.8 Å². The van der Waals surface area contributed by atoms with E-state index in [4.69, 9.17) is 4.74 Å². The Balaban J connectivity index is 1.45. The molecule has 0 heterocycles. The molecule has 0 saturated heterocycles. The molecule has 0 radical (unpaired) electrons. The van der Waals surface area contributed by atoms with E-state index >= 15 is 0 Å². The Morgan fingerprint density at radius 2 is 1.59 bits per heavy atom. The normalized spacial score (nSPS) is 10.5. The molecular formula is C25H23FN4O4. The highest BCUT2D eigenvalue weighted by Gasteiger charge is 2.12. The van der Waals surface area contributed by atoms with E-state index < -0.39 is 23.5 Å². The first-order chi connectivity index (χ1) is 16.5. The summed E-state index contributed by atoms with van der Waals surface area (Å²) in [6.07, 6.45) is 1.91. The maximum absolute atomic E-state index is 13.0. The summed E-state index contributed by atoms with van der Waals surface area (Å²) in [5.41, 5.74) is 4.13. The number of rotatable bonds is 9. The van der Waals surface area contributed by atoms with Gasteiger partial charge in [-0.25, -0.2) is 9.82 Å². The van der Waals surface area contributed by atoms with Crippen molar-refractivity contribution in [3.05, 3.63) is 95.8 Å². The number of hydrogen-bond acceptors (Lipinski definition) is 5. The predicted molar refractivity (Wildman–Crippen MR) is 126 cm³/mol. The number of hydrogen-bond donors (Lipinski definition) is 3. The molecule has 0 fully saturated rings. The Labute approximate surface area is 195 Å². The van der Waals surface area contributed by atoms with Crippen molar-refractivity contribution >= 4 is 29.6 Å². The molecule has 3 aromatic rings. The summed E-state index contributed by atoms with van der Waals surface area (Å²) >= 11 is 0. The van der Waals surface area contributed by atoms with Gasteiger partial charge in [0.1, 0.15) is 11.6 Å². The van der Waals surface area contributed by atoms with Crippen LogP contribution >= 0.6 is 0 Å². The summed E-state index contributed by atoms with van der Waals surface area (Å²) < 4.78 is 18.5. The quantitative estimate of drug-likeness (QED) is 0.258. The van der Waals surface area contributed by atoms with Gasteiger partial charge in [-0.1, -0.05) is 42.5 Å². The molecule has 9 heteroatoms. The summed E-state index contributed by atoms with van der Waals surface area (Å²) in [5.74, 6) is -2.18. The van der Waals surface area contributed by atoms with Crippen molar-refractivity contribution in [2.45, 2.75) is 6.42 Å². The number of carbonyl (C=O) groups is 3. The maximum Gasteiger partial charge on any atom is 0.329 e. The van der Waals surface area contributed by atoms with Crippen LogP contribution in [0.2, 0.25) is 0 Å². The lowest BCUT2D eigenvalue weighted by Gasteiger charge is -2.09. The van der Waals surface area contributed by atoms with Crippen molar-refractivity contribution in [3.8, 4) is 5.75 Å². The van der Waals surface area contributed by atoms with Crippen LogP contribution in [0.5, 0.6) is 5.75 Å². The minimum absolute atomic E-state index is 0.293. The number of amides is 3. The van der Waals surface area contributed by atoms with Gasteiger partial charge in [0.05, 0.1) is 6.21 Å². The Morgan fingerprint density at radius 3 is 2.35 bits per heavy atom. The van der Waals surface area contributed by atoms with Gasteiger partial charge in [0.25, 0.3) is 5.91 Å². The van der Waals surface area contributed by atoms with Gasteiger partial charge in [0.2, 0.25) is 0 Å². The lowest BCUT2D eigenvalue weighted by atomic mass is 10.1. The molecule has 0 spiro atoms. The number of ether oxygens (including phenoxy) is 1. The van der Waals surface area contributed by atoms with Crippen LogP contribution in [0.1, 0.15) is 11.1 Å². The zero-order valence-corrected chi connectivity index (χ0v) is 18.2. The molecular weight excluding hydrogens is 439 g/mol. The van der Waals surface area contributed by atoms with E-state index in [1.54, 1.807) is 24.3 Å². The fraction of sp³-hybridized carbons (Fsp3) is 0.120. The van der Waals surface area contributed by atoms with Crippen LogP contribution in [-0.2, 0) is 20.8 Å². The fourth-order valence-corrected chi connectivity index (χ4v) is 2.85. The van der Waals surface area contributed by atoms with E-state index in [0.29, 0.717) is 30.0 Å². The second kappa shape index (κ2) is 12.5. The number of benzene rings is 3. The van der Waals surface area contributed by atoms with Crippen molar-refractivity contribution in [1.29, 1.82) is 0 Å². The molecule has 8 nitrogen and oxygen atoms in total. The molecule has 3 N–H and O–H groups in total. The SMILES string of the molecule is O=C(COc1ccccc1/C=N\NC(=O)C(=O)NCCc1ccccc1)Nc1ccc(F)cc1. The van der Waals surface area contributed by atoms with Gasteiger partial charge in [0, 0.05) is 17.8 Å². The molecule has 3 aromatic carbocycles. The number of nitrogens with zero attached hydrogens (tertiary/aromatic N) is 1. The van der Waals surface area contributed by atoms with Gasteiger partial charge < -0.3 is 15.4 Å². The smallest absolute Gasteiger partial charge is 0.329 e. The number of para-hydroxylation sites is 1. The van der Waals surface area contributed by atoms with E-state index in [1.165, 1.54) is 30.5 Å². The fourth-order valence-electron chi connectivity index (χ4n) is 2.85. The average Bonchev–Trinajstić information content (AvgIpc) is 2.85. The number of carbonyl (C=O) groups excluding carboxylic acids is 3. The zero-order valence-electron chi connectivity index (χ0n) is 18.2. The molecule has 0 aliphatic carbocycles. The first-order valence-corrected chi connectivity index (χ1v) is 10.4. The third kappa shape index (κ3) is 7.86. The van der Waals surface area contributed by atoms with Crippen LogP contribution in [0.4, 0.5) is 10.1 Å². The van der Waals surface area contributed by atoms with Gasteiger partial charge in [-0.15, -0.1) is 0 Å². The molecule has 0 unspecified atom stereocenters. The molecule has 0 aliphatic rings. The van der Waals surface area contributed by atoms with E-state index in [2.05, 4.69) is 21.2 Å². The Bertz CT molecular complexity index is 1150. The van der Waals surface area contributed by atoms with Crippen LogP contribution in [0, 0.1) is 5.82 Å². The van der Waals surface area contributed by atoms with E-state index in [0.717, 1.165) is 5.56 Å². The van der Waals surface area contributed by atoms with E-state index in [1.807, 2.05) is 30.3 Å². The van der Waals surface area contributed by atoms with Crippen LogP contribution in [0.25, 0.3) is 0 Å². The van der Waals surface area contributed by atoms with Gasteiger partial charge in [-0.05, 0) is 48.4 Å². The van der Waals surface area contributed by atoms with Gasteiger partial charge in [0.15, 0.2) is 6.61 Å². The monoisotopic (exact) mass is 462 g/mol. The lowest BCUT2D eigenvalue weighted by Crippen LogP contribution is -2.38. The van der Waals surface area contributed by atoms with Crippen LogP contribution in [0.3, 0.4) is 0 Å².